The predicted molar refractivity (Wildman–Crippen MR) is 66.4 cm³/mol. The maximum Gasteiger partial charge on any atom is 0.149 e. The summed E-state index contributed by atoms with van der Waals surface area (Å²) in [6, 6.07) is 8.05. The van der Waals surface area contributed by atoms with E-state index in [1.54, 1.807) is 18.6 Å². The van der Waals surface area contributed by atoms with E-state index in [-0.39, 0.29) is 0 Å². The first-order valence-electron chi connectivity index (χ1n) is 5.99. The number of nitriles is 1. The van der Waals surface area contributed by atoms with Crippen molar-refractivity contribution >= 4 is 0 Å². The van der Waals surface area contributed by atoms with E-state index in [0.717, 1.165) is 30.5 Å². The van der Waals surface area contributed by atoms with Gasteiger partial charge in [-0.15, -0.1) is 0 Å². The van der Waals surface area contributed by atoms with Crippen LogP contribution in [0, 0.1) is 11.3 Å². The Morgan fingerprint density at radius 1 is 1.22 bits per heavy atom. The summed E-state index contributed by atoms with van der Waals surface area (Å²) >= 11 is 0. The molecule has 4 heteroatoms. The molecule has 2 aromatic heterocycles. The average Bonchev–Trinajstić information content (AvgIpc) is 2.40. The molecule has 0 radical (unpaired) electrons. The van der Waals surface area contributed by atoms with Crippen LogP contribution in [-0.2, 0) is 5.41 Å². The zero-order chi connectivity index (χ0) is 12.4. The Hall–Kier alpha value is -2.28. The fourth-order valence-electron chi connectivity index (χ4n) is 2.18. The van der Waals surface area contributed by atoms with E-state index in [1.165, 1.54) is 0 Å². The third kappa shape index (κ3) is 1.65. The minimum Gasteiger partial charge on any atom is -0.264 e. The Bertz CT molecular complexity index is 597. The van der Waals surface area contributed by atoms with Crippen molar-refractivity contribution in [2.45, 2.75) is 24.7 Å². The molecule has 1 saturated carbocycles. The normalized spacial score (nSPS) is 16.6. The van der Waals surface area contributed by atoms with Gasteiger partial charge < -0.3 is 0 Å². The third-order valence-electron chi connectivity index (χ3n) is 3.46. The van der Waals surface area contributed by atoms with E-state index in [1.807, 2.05) is 18.2 Å². The molecule has 0 atom stereocenters. The Kier molecular flexibility index (Phi) is 2.52. The summed E-state index contributed by atoms with van der Waals surface area (Å²) in [4.78, 5) is 12.9. The minimum atomic E-state index is -0.460. The monoisotopic (exact) mass is 236 g/mol. The Balaban J connectivity index is 2.03. The summed E-state index contributed by atoms with van der Waals surface area (Å²) in [6.45, 7) is 0. The molecular weight excluding hydrogens is 224 g/mol. The van der Waals surface area contributed by atoms with Gasteiger partial charge in [0.25, 0.3) is 0 Å². The van der Waals surface area contributed by atoms with Gasteiger partial charge in [0, 0.05) is 24.2 Å². The summed E-state index contributed by atoms with van der Waals surface area (Å²) in [5.74, 6) is 0.651. The highest BCUT2D eigenvalue weighted by Gasteiger charge is 2.41. The highest BCUT2D eigenvalue weighted by molar-refractivity contribution is 5.57. The van der Waals surface area contributed by atoms with Gasteiger partial charge in [0.2, 0.25) is 0 Å². The molecule has 0 aliphatic heterocycles. The molecular formula is C14H12N4. The van der Waals surface area contributed by atoms with Crippen molar-refractivity contribution in [1.82, 2.24) is 15.0 Å². The van der Waals surface area contributed by atoms with Gasteiger partial charge in [-0.2, -0.15) is 5.26 Å². The zero-order valence-electron chi connectivity index (χ0n) is 9.87. The summed E-state index contributed by atoms with van der Waals surface area (Å²) in [6.07, 6.45) is 8.02. The van der Waals surface area contributed by atoms with E-state index < -0.39 is 5.41 Å². The minimum absolute atomic E-state index is 0.460. The number of rotatable bonds is 2. The molecule has 4 nitrogen and oxygen atoms in total. The lowest BCUT2D eigenvalue weighted by molar-refractivity contribution is 0.307. The van der Waals surface area contributed by atoms with Gasteiger partial charge in [0.05, 0.1) is 11.8 Å². The average molecular weight is 236 g/mol. The Morgan fingerprint density at radius 3 is 2.72 bits per heavy atom. The SMILES string of the molecule is N#CC1(c2nccc(-c3cccnc3)n2)CCC1. The second kappa shape index (κ2) is 4.19. The molecule has 1 aliphatic carbocycles. The van der Waals surface area contributed by atoms with E-state index >= 15 is 0 Å². The van der Waals surface area contributed by atoms with Crippen molar-refractivity contribution in [3.05, 3.63) is 42.6 Å². The summed E-state index contributed by atoms with van der Waals surface area (Å²) in [7, 11) is 0. The molecule has 3 rings (SSSR count). The van der Waals surface area contributed by atoms with Gasteiger partial charge in [0.1, 0.15) is 11.2 Å². The number of nitrogens with zero attached hydrogens (tertiary/aromatic N) is 4. The molecule has 1 aliphatic rings. The van der Waals surface area contributed by atoms with Gasteiger partial charge in [-0.3, -0.25) is 4.98 Å². The second-order valence-electron chi connectivity index (χ2n) is 4.55. The Labute approximate surface area is 105 Å². The topological polar surface area (TPSA) is 62.5 Å². The van der Waals surface area contributed by atoms with Gasteiger partial charge in [-0.1, -0.05) is 0 Å². The van der Waals surface area contributed by atoms with Crippen LogP contribution in [0.1, 0.15) is 25.1 Å². The smallest absolute Gasteiger partial charge is 0.149 e. The molecule has 1 fully saturated rings. The fourth-order valence-corrected chi connectivity index (χ4v) is 2.18. The molecule has 0 bridgehead atoms. The molecule has 2 heterocycles. The fraction of sp³-hybridized carbons (Fsp3) is 0.286. The maximum absolute atomic E-state index is 9.31. The molecule has 88 valence electrons. The first-order valence-corrected chi connectivity index (χ1v) is 5.99. The van der Waals surface area contributed by atoms with Crippen molar-refractivity contribution in [3.8, 4) is 17.3 Å². The number of aromatic nitrogens is 3. The molecule has 2 aromatic rings. The van der Waals surface area contributed by atoms with Crippen LogP contribution in [0.5, 0.6) is 0 Å². The van der Waals surface area contributed by atoms with Crippen LogP contribution >= 0.6 is 0 Å². The second-order valence-corrected chi connectivity index (χ2v) is 4.55. The largest absolute Gasteiger partial charge is 0.264 e. The first-order chi connectivity index (χ1) is 8.84. The molecule has 18 heavy (non-hydrogen) atoms. The molecule has 0 amide bonds. The summed E-state index contributed by atoms with van der Waals surface area (Å²) < 4.78 is 0. The van der Waals surface area contributed by atoms with Gasteiger partial charge >= 0.3 is 0 Å². The number of hydrogen-bond acceptors (Lipinski definition) is 4. The van der Waals surface area contributed by atoms with Crippen LogP contribution in [0.4, 0.5) is 0 Å². The molecule has 0 unspecified atom stereocenters. The van der Waals surface area contributed by atoms with Crippen molar-refractivity contribution < 1.29 is 0 Å². The predicted octanol–water partition coefficient (Wildman–Crippen LogP) is 2.48. The van der Waals surface area contributed by atoms with Crippen LogP contribution < -0.4 is 0 Å². The molecule has 0 aromatic carbocycles. The van der Waals surface area contributed by atoms with Gasteiger partial charge in [-0.25, -0.2) is 9.97 Å². The van der Waals surface area contributed by atoms with Crippen LogP contribution in [0.15, 0.2) is 36.8 Å². The molecule has 0 spiro atoms. The van der Waals surface area contributed by atoms with Crippen molar-refractivity contribution in [2.75, 3.05) is 0 Å². The quantitative estimate of drug-likeness (QED) is 0.803. The van der Waals surface area contributed by atoms with Crippen molar-refractivity contribution in [3.63, 3.8) is 0 Å². The van der Waals surface area contributed by atoms with Crippen LogP contribution in [-0.4, -0.2) is 15.0 Å². The molecule has 0 saturated heterocycles. The van der Waals surface area contributed by atoms with Crippen LogP contribution in [0.25, 0.3) is 11.3 Å². The lowest BCUT2D eigenvalue weighted by Crippen LogP contribution is -2.34. The maximum atomic E-state index is 9.31. The lowest BCUT2D eigenvalue weighted by atomic mass is 9.69. The van der Waals surface area contributed by atoms with E-state index in [0.29, 0.717) is 5.82 Å². The number of pyridine rings is 1. The van der Waals surface area contributed by atoms with E-state index in [4.69, 9.17) is 0 Å². The Morgan fingerprint density at radius 2 is 2.11 bits per heavy atom. The first kappa shape index (κ1) is 10.8. The summed E-state index contributed by atoms with van der Waals surface area (Å²) in [5.41, 5.74) is 1.32. The third-order valence-corrected chi connectivity index (χ3v) is 3.46. The highest BCUT2D eigenvalue weighted by Crippen LogP contribution is 2.41. The summed E-state index contributed by atoms with van der Waals surface area (Å²) in [5, 5.41) is 9.31. The lowest BCUT2D eigenvalue weighted by Gasteiger charge is -2.33. The molecule has 0 N–H and O–H groups in total. The van der Waals surface area contributed by atoms with E-state index in [2.05, 4.69) is 21.0 Å². The highest BCUT2D eigenvalue weighted by atomic mass is 14.9. The van der Waals surface area contributed by atoms with Gasteiger partial charge in [0.15, 0.2) is 0 Å². The van der Waals surface area contributed by atoms with Gasteiger partial charge in [-0.05, 0) is 37.5 Å². The van der Waals surface area contributed by atoms with Crippen LogP contribution in [0.2, 0.25) is 0 Å². The van der Waals surface area contributed by atoms with Crippen molar-refractivity contribution in [2.24, 2.45) is 0 Å². The van der Waals surface area contributed by atoms with E-state index in [9.17, 15) is 5.26 Å². The van der Waals surface area contributed by atoms with Crippen LogP contribution in [0.3, 0.4) is 0 Å². The van der Waals surface area contributed by atoms with Crippen molar-refractivity contribution in [1.29, 1.82) is 5.26 Å². The standard InChI is InChI=1S/C14H12N4/c15-10-14(5-2-6-14)13-17-8-4-12(18-13)11-3-1-7-16-9-11/h1,3-4,7-9H,2,5-6H2. The zero-order valence-corrected chi connectivity index (χ0v) is 9.87. The number of hydrogen-bond donors (Lipinski definition) is 0.